The third-order valence-corrected chi connectivity index (χ3v) is 2.60. The second kappa shape index (κ2) is 6.01. The van der Waals surface area contributed by atoms with Gasteiger partial charge in [-0.05, 0) is 26.0 Å². The van der Waals surface area contributed by atoms with E-state index in [1.807, 2.05) is 0 Å². The van der Waals surface area contributed by atoms with Crippen molar-refractivity contribution in [3.63, 3.8) is 0 Å². The zero-order valence-electron chi connectivity index (χ0n) is 11.3. The van der Waals surface area contributed by atoms with Crippen LogP contribution >= 0.6 is 0 Å². The molecule has 2 aromatic rings. The lowest BCUT2D eigenvalue weighted by atomic mass is 10.1. The van der Waals surface area contributed by atoms with Crippen molar-refractivity contribution in [1.29, 1.82) is 0 Å². The molecule has 0 unspecified atom stereocenters. The summed E-state index contributed by atoms with van der Waals surface area (Å²) in [5.41, 5.74) is 1.10. The summed E-state index contributed by atoms with van der Waals surface area (Å²) in [7, 11) is 0. The number of carbonyl (C=O) groups is 2. The highest BCUT2D eigenvalue weighted by atomic mass is 16.4. The van der Waals surface area contributed by atoms with Crippen LogP contribution in [0.4, 0.5) is 10.5 Å². The van der Waals surface area contributed by atoms with Crippen LogP contribution in [0.2, 0.25) is 0 Å². The third-order valence-electron chi connectivity index (χ3n) is 2.60. The number of nitrogens with zero attached hydrogens (tertiary/aromatic N) is 1. The van der Waals surface area contributed by atoms with E-state index in [1.165, 1.54) is 6.92 Å². The average molecular weight is 273 g/mol. The fraction of sp³-hybridized carbons (Fsp3) is 0.214. The molecule has 0 saturated heterocycles. The lowest BCUT2D eigenvalue weighted by molar-refractivity contribution is 0.101. The van der Waals surface area contributed by atoms with Crippen LogP contribution < -0.4 is 10.6 Å². The van der Waals surface area contributed by atoms with Crippen LogP contribution in [-0.4, -0.2) is 16.8 Å². The Morgan fingerprint density at radius 1 is 1.35 bits per heavy atom. The lowest BCUT2D eigenvalue weighted by Gasteiger charge is -2.07. The van der Waals surface area contributed by atoms with Crippen LogP contribution in [0, 0.1) is 6.92 Å². The summed E-state index contributed by atoms with van der Waals surface area (Å²) >= 11 is 0. The highest BCUT2D eigenvalue weighted by Gasteiger charge is 2.06. The van der Waals surface area contributed by atoms with Gasteiger partial charge in [-0.3, -0.25) is 4.79 Å². The predicted octanol–water partition coefficient (Wildman–Crippen LogP) is 2.51. The van der Waals surface area contributed by atoms with Crippen molar-refractivity contribution < 1.29 is 14.0 Å². The molecule has 0 spiro atoms. The minimum absolute atomic E-state index is 0.0516. The number of hydrogen-bond donors (Lipinski definition) is 2. The van der Waals surface area contributed by atoms with Crippen LogP contribution in [0.15, 0.2) is 34.9 Å². The Labute approximate surface area is 116 Å². The summed E-state index contributed by atoms with van der Waals surface area (Å²) in [6.45, 7) is 3.46. The molecule has 1 aromatic heterocycles. The maximum atomic E-state index is 11.7. The molecule has 0 fully saturated rings. The van der Waals surface area contributed by atoms with Gasteiger partial charge >= 0.3 is 6.03 Å². The van der Waals surface area contributed by atoms with Crippen LogP contribution in [0.1, 0.15) is 28.9 Å². The highest BCUT2D eigenvalue weighted by molar-refractivity contribution is 5.96. The minimum Gasteiger partial charge on any atom is -0.444 e. The molecular weight excluding hydrogens is 258 g/mol. The number of amides is 2. The maximum absolute atomic E-state index is 11.7. The Kier molecular flexibility index (Phi) is 4.14. The van der Waals surface area contributed by atoms with Crippen molar-refractivity contribution >= 4 is 17.5 Å². The number of Topliss-reactive ketones (excluding diaryl/α,β-unsaturated/α-hetero) is 1. The van der Waals surface area contributed by atoms with E-state index in [2.05, 4.69) is 15.6 Å². The number of rotatable bonds is 4. The van der Waals surface area contributed by atoms with E-state index in [1.54, 1.807) is 37.4 Å². The fourth-order valence-corrected chi connectivity index (χ4v) is 1.63. The first-order valence-electron chi connectivity index (χ1n) is 6.12. The van der Waals surface area contributed by atoms with Crippen molar-refractivity contribution in [3.05, 3.63) is 47.7 Å². The van der Waals surface area contributed by atoms with Gasteiger partial charge in [0.15, 0.2) is 5.78 Å². The van der Waals surface area contributed by atoms with Gasteiger partial charge in [-0.2, -0.15) is 0 Å². The predicted molar refractivity (Wildman–Crippen MR) is 73.5 cm³/mol. The van der Waals surface area contributed by atoms with Crippen LogP contribution in [0.25, 0.3) is 0 Å². The quantitative estimate of drug-likeness (QED) is 0.838. The van der Waals surface area contributed by atoms with Gasteiger partial charge in [0.05, 0.1) is 12.7 Å². The number of ketones is 1. The van der Waals surface area contributed by atoms with Gasteiger partial charge in [0.25, 0.3) is 0 Å². The second-order valence-corrected chi connectivity index (χ2v) is 4.31. The standard InChI is InChI=1S/C14H15N3O3/c1-9-7-15-13(20-9)8-16-14(19)17-12-5-3-4-11(6-12)10(2)18/h3-7H,8H2,1-2H3,(H2,16,17,19). The summed E-state index contributed by atoms with van der Waals surface area (Å²) in [6, 6.07) is 6.35. The molecule has 0 aliphatic carbocycles. The highest BCUT2D eigenvalue weighted by Crippen LogP contribution is 2.11. The van der Waals surface area contributed by atoms with Crippen LogP contribution in [0.3, 0.4) is 0 Å². The van der Waals surface area contributed by atoms with Gasteiger partial charge in [0.1, 0.15) is 5.76 Å². The average Bonchev–Trinajstić information content (AvgIpc) is 2.82. The number of aryl methyl sites for hydroxylation is 1. The summed E-state index contributed by atoms with van der Waals surface area (Å²) in [5.74, 6) is 1.08. The molecule has 104 valence electrons. The van der Waals surface area contributed by atoms with E-state index in [0.29, 0.717) is 22.9 Å². The first-order chi connectivity index (χ1) is 9.54. The number of nitrogens with one attached hydrogen (secondary N) is 2. The molecule has 0 saturated carbocycles. The van der Waals surface area contributed by atoms with Crippen LogP contribution in [-0.2, 0) is 6.54 Å². The molecule has 2 amide bonds. The summed E-state index contributed by atoms with van der Waals surface area (Å²) in [5, 5.41) is 5.26. The Balaban J connectivity index is 1.91. The molecule has 6 nitrogen and oxygen atoms in total. The number of hydrogen-bond acceptors (Lipinski definition) is 4. The van der Waals surface area contributed by atoms with E-state index in [-0.39, 0.29) is 18.4 Å². The summed E-state index contributed by atoms with van der Waals surface area (Å²) in [4.78, 5) is 26.9. The third kappa shape index (κ3) is 3.68. The zero-order chi connectivity index (χ0) is 14.5. The molecule has 1 aromatic carbocycles. The number of anilines is 1. The zero-order valence-corrected chi connectivity index (χ0v) is 11.3. The van der Waals surface area contributed by atoms with Crippen molar-refractivity contribution in [2.45, 2.75) is 20.4 Å². The molecule has 1 heterocycles. The number of oxazole rings is 1. The van der Waals surface area contributed by atoms with Crippen molar-refractivity contribution in [2.24, 2.45) is 0 Å². The first kappa shape index (κ1) is 13.8. The minimum atomic E-state index is -0.387. The van der Waals surface area contributed by atoms with Crippen molar-refractivity contribution in [1.82, 2.24) is 10.3 Å². The van der Waals surface area contributed by atoms with E-state index >= 15 is 0 Å². The molecule has 0 radical (unpaired) electrons. The molecule has 0 aliphatic heterocycles. The molecular formula is C14H15N3O3. The molecule has 0 atom stereocenters. The SMILES string of the molecule is CC(=O)c1cccc(NC(=O)NCc2ncc(C)o2)c1. The fourth-order valence-electron chi connectivity index (χ4n) is 1.63. The van der Waals surface area contributed by atoms with Crippen molar-refractivity contribution in [3.8, 4) is 0 Å². The van der Waals surface area contributed by atoms with E-state index in [9.17, 15) is 9.59 Å². The Morgan fingerprint density at radius 2 is 2.15 bits per heavy atom. The van der Waals surface area contributed by atoms with Crippen LogP contribution in [0.5, 0.6) is 0 Å². The largest absolute Gasteiger partial charge is 0.444 e. The first-order valence-corrected chi connectivity index (χ1v) is 6.12. The second-order valence-electron chi connectivity index (χ2n) is 4.31. The maximum Gasteiger partial charge on any atom is 0.319 e. The molecule has 0 bridgehead atoms. The Morgan fingerprint density at radius 3 is 2.80 bits per heavy atom. The van der Waals surface area contributed by atoms with E-state index in [4.69, 9.17) is 4.42 Å². The number of carbonyl (C=O) groups excluding carboxylic acids is 2. The molecule has 20 heavy (non-hydrogen) atoms. The van der Waals surface area contributed by atoms with Gasteiger partial charge in [-0.1, -0.05) is 12.1 Å². The normalized spacial score (nSPS) is 10.1. The van der Waals surface area contributed by atoms with Gasteiger partial charge < -0.3 is 15.1 Å². The van der Waals surface area contributed by atoms with Gasteiger partial charge in [-0.15, -0.1) is 0 Å². The summed E-state index contributed by atoms with van der Waals surface area (Å²) < 4.78 is 5.24. The lowest BCUT2D eigenvalue weighted by Crippen LogP contribution is -2.28. The number of benzene rings is 1. The molecule has 2 N–H and O–H groups in total. The number of aromatic nitrogens is 1. The molecule has 0 aliphatic rings. The topological polar surface area (TPSA) is 84.2 Å². The Hall–Kier alpha value is -2.63. The van der Waals surface area contributed by atoms with Gasteiger partial charge in [0.2, 0.25) is 5.89 Å². The van der Waals surface area contributed by atoms with Crippen molar-refractivity contribution in [2.75, 3.05) is 5.32 Å². The summed E-state index contributed by atoms with van der Waals surface area (Å²) in [6.07, 6.45) is 1.59. The molecule has 2 rings (SSSR count). The Bertz CT molecular complexity index is 634. The monoisotopic (exact) mass is 273 g/mol. The van der Waals surface area contributed by atoms with E-state index < -0.39 is 0 Å². The van der Waals surface area contributed by atoms with Gasteiger partial charge in [0, 0.05) is 11.3 Å². The van der Waals surface area contributed by atoms with E-state index in [0.717, 1.165) is 0 Å². The number of urea groups is 1. The van der Waals surface area contributed by atoms with Gasteiger partial charge in [-0.25, -0.2) is 9.78 Å². The molecule has 6 heteroatoms. The smallest absolute Gasteiger partial charge is 0.319 e.